The Morgan fingerprint density at radius 3 is 1.83 bits per heavy atom. The molecule has 4 aromatic heterocycles. The minimum atomic E-state index is -4.48. The van der Waals surface area contributed by atoms with Gasteiger partial charge in [-0.05, 0) is 0 Å². The lowest BCUT2D eigenvalue weighted by Gasteiger charge is -2.16. The summed E-state index contributed by atoms with van der Waals surface area (Å²) < 4.78 is 56.8. The highest BCUT2D eigenvalue weighted by molar-refractivity contribution is 7.51. The fourth-order valence-corrected chi connectivity index (χ4v) is 4.67. The minimum Gasteiger partial charge on any atom is -0.394 e. The van der Waals surface area contributed by atoms with E-state index in [9.17, 15) is 23.6 Å². The lowest BCUT2D eigenvalue weighted by Crippen LogP contribution is -2.30. The van der Waals surface area contributed by atoms with Gasteiger partial charge in [0.1, 0.15) is 42.0 Å². The van der Waals surface area contributed by atoms with Crippen molar-refractivity contribution in [1.29, 1.82) is 0 Å². The Kier molecular flexibility index (Phi) is 8.29. The molecule has 2 fully saturated rings. The number of aliphatic hydroxyl groups is 3. The number of aliphatic hydroxyl groups excluding tert-OH is 3. The molecule has 4 aromatic rings. The van der Waals surface area contributed by atoms with Gasteiger partial charge in [-0.2, -0.15) is 0 Å². The van der Waals surface area contributed by atoms with Gasteiger partial charge >= 0.3 is 7.60 Å². The van der Waals surface area contributed by atoms with Crippen LogP contribution in [0.3, 0.4) is 0 Å². The highest BCUT2D eigenvalue weighted by atomic mass is 31.2. The molecule has 0 aromatic carbocycles. The number of halogens is 2. The van der Waals surface area contributed by atoms with E-state index in [2.05, 4.69) is 29.9 Å². The smallest absolute Gasteiger partial charge is 0.351 e. The van der Waals surface area contributed by atoms with Crippen LogP contribution >= 0.6 is 7.60 Å². The molecule has 42 heavy (non-hydrogen) atoms. The standard InChI is InChI=1S/C10H13FN5O6P.C10H12FN5O3/c11-4-6(17)10(21-3-23(18,19)20)22-9(4)16-2-15-5-7(12)13-1-14-8(5)16;11-5-7(18)4(1-17)19-10(5)16-3-15-6-8(12)13-2-14-9(6)16/h1-2,4,6,9-10,17H,3H2,(H2,12,13,14)(H2,18,19,20);2-5,7,10,17-18H,1H2,(H2,12,13,14)/t4-,6?,9+,10-;4-,5+,7?,10-/m01/s1. The monoisotopic (exact) mass is 618 g/mol. The third-order valence-electron chi connectivity index (χ3n) is 6.35. The summed E-state index contributed by atoms with van der Waals surface area (Å²) in [5.74, 6) is 0.272. The number of aromatic nitrogens is 8. The summed E-state index contributed by atoms with van der Waals surface area (Å²) in [5.41, 5.74) is 12.3. The van der Waals surface area contributed by atoms with Crippen molar-refractivity contribution in [2.45, 2.75) is 49.4 Å². The van der Waals surface area contributed by atoms with Gasteiger partial charge in [0.2, 0.25) is 0 Å². The predicted molar refractivity (Wildman–Crippen MR) is 134 cm³/mol. The van der Waals surface area contributed by atoms with Gasteiger partial charge in [-0.1, -0.05) is 0 Å². The van der Waals surface area contributed by atoms with Gasteiger partial charge < -0.3 is 50.8 Å². The Morgan fingerprint density at radius 2 is 1.36 bits per heavy atom. The van der Waals surface area contributed by atoms with E-state index in [1.807, 2.05) is 0 Å². The van der Waals surface area contributed by atoms with Crippen LogP contribution in [0.2, 0.25) is 0 Å². The van der Waals surface area contributed by atoms with Crippen LogP contribution in [0.15, 0.2) is 25.3 Å². The molecule has 0 aliphatic carbocycles. The largest absolute Gasteiger partial charge is 0.394 e. The zero-order chi connectivity index (χ0) is 30.3. The lowest BCUT2D eigenvalue weighted by atomic mass is 10.1. The normalized spacial score (nSPS) is 29.7. The molecule has 9 N–H and O–H groups in total. The van der Waals surface area contributed by atoms with E-state index < -0.39 is 70.0 Å². The zero-order valence-corrected chi connectivity index (χ0v) is 22.0. The van der Waals surface area contributed by atoms with Crippen molar-refractivity contribution >= 4 is 41.6 Å². The first-order chi connectivity index (χ1) is 19.9. The molecule has 2 saturated heterocycles. The molecular weight excluding hydrogens is 593 g/mol. The number of hydrogen-bond acceptors (Lipinski definition) is 15. The topological polar surface area (TPSA) is 285 Å². The third kappa shape index (κ3) is 5.61. The van der Waals surface area contributed by atoms with Crippen molar-refractivity contribution in [2.75, 3.05) is 24.4 Å². The van der Waals surface area contributed by atoms with Crippen LogP contribution in [0.1, 0.15) is 12.5 Å². The molecule has 0 radical (unpaired) electrons. The maximum atomic E-state index is 14.3. The predicted octanol–water partition coefficient (Wildman–Crippen LogP) is -1.89. The molecule has 228 valence electrons. The van der Waals surface area contributed by atoms with Crippen molar-refractivity contribution < 1.29 is 52.7 Å². The highest BCUT2D eigenvalue weighted by Crippen LogP contribution is 2.39. The number of nitrogen functional groups attached to an aromatic ring is 2. The summed E-state index contributed by atoms with van der Waals surface area (Å²) in [4.78, 5) is 40.9. The van der Waals surface area contributed by atoms with Crippen LogP contribution in [-0.4, -0.2) is 114 Å². The average molecular weight is 618 g/mol. The molecule has 2 unspecified atom stereocenters. The number of imidazole rings is 2. The first-order valence-electron chi connectivity index (χ1n) is 12.0. The van der Waals surface area contributed by atoms with Gasteiger partial charge in [0, 0.05) is 0 Å². The Morgan fingerprint density at radius 1 is 0.857 bits per heavy atom. The molecule has 2 aliphatic rings. The van der Waals surface area contributed by atoms with Crippen LogP contribution in [0.5, 0.6) is 0 Å². The summed E-state index contributed by atoms with van der Waals surface area (Å²) in [7, 11) is -4.48. The van der Waals surface area contributed by atoms with Crippen LogP contribution in [0.25, 0.3) is 22.3 Å². The Hall–Kier alpha value is -3.53. The molecule has 6 heterocycles. The van der Waals surface area contributed by atoms with E-state index in [1.54, 1.807) is 0 Å². The van der Waals surface area contributed by atoms with Crippen LogP contribution in [-0.2, 0) is 18.8 Å². The van der Waals surface area contributed by atoms with Gasteiger partial charge in [-0.25, -0.2) is 38.7 Å². The Bertz CT molecular complexity index is 1610. The molecule has 0 bridgehead atoms. The van der Waals surface area contributed by atoms with E-state index >= 15 is 0 Å². The van der Waals surface area contributed by atoms with E-state index in [4.69, 9.17) is 40.6 Å². The number of nitrogens with two attached hydrogens (primary N) is 2. The highest BCUT2D eigenvalue weighted by Gasteiger charge is 2.47. The molecule has 8 atom stereocenters. The van der Waals surface area contributed by atoms with Crippen molar-refractivity contribution in [3.63, 3.8) is 0 Å². The number of ether oxygens (including phenoxy) is 3. The molecule has 0 amide bonds. The second-order valence-electron chi connectivity index (χ2n) is 9.14. The van der Waals surface area contributed by atoms with Crippen molar-refractivity contribution in [3.8, 4) is 0 Å². The van der Waals surface area contributed by atoms with Gasteiger partial charge in [0.05, 0.1) is 19.3 Å². The van der Waals surface area contributed by atoms with E-state index in [1.165, 1.54) is 28.1 Å². The molecule has 6 rings (SSSR count). The summed E-state index contributed by atoms with van der Waals surface area (Å²) >= 11 is 0. The van der Waals surface area contributed by atoms with E-state index in [-0.39, 0.29) is 22.8 Å². The summed E-state index contributed by atoms with van der Waals surface area (Å²) in [6.45, 7) is -0.470. The number of rotatable bonds is 6. The number of alkyl halides is 2. The second-order valence-corrected chi connectivity index (χ2v) is 10.7. The molecule has 2 aliphatic heterocycles. The SMILES string of the molecule is Nc1ncnc2c1ncn2[C@@H]1O[C@H](CO)C(O)[C@@H]1F.Nc1ncnc2c1ncn2[C@@H]1O[C@H](OCP(=O)(O)O)C(O)[C@@H]1F. The first-order valence-corrected chi connectivity index (χ1v) is 13.8. The molecule has 0 spiro atoms. The summed E-state index contributed by atoms with van der Waals surface area (Å²) in [5, 5.41) is 28.4. The fourth-order valence-electron chi connectivity index (χ4n) is 4.33. The average Bonchev–Trinajstić information content (AvgIpc) is 3.70. The molecule has 0 saturated carbocycles. The third-order valence-corrected chi connectivity index (χ3v) is 6.84. The van der Waals surface area contributed by atoms with Gasteiger partial charge in [-0.3, -0.25) is 13.7 Å². The summed E-state index contributed by atoms with van der Waals surface area (Å²) in [6.07, 6.45) is -7.79. The maximum absolute atomic E-state index is 14.3. The van der Waals surface area contributed by atoms with Gasteiger partial charge in [0.25, 0.3) is 0 Å². The van der Waals surface area contributed by atoms with Crippen molar-refractivity contribution in [1.82, 2.24) is 39.0 Å². The van der Waals surface area contributed by atoms with Crippen LogP contribution in [0.4, 0.5) is 20.4 Å². The first kappa shape index (κ1) is 29.9. The molecule has 22 heteroatoms. The van der Waals surface area contributed by atoms with Gasteiger partial charge in [-0.15, -0.1) is 0 Å². The zero-order valence-electron chi connectivity index (χ0n) is 21.1. The maximum Gasteiger partial charge on any atom is 0.351 e. The van der Waals surface area contributed by atoms with Crippen molar-refractivity contribution in [2.24, 2.45) is 0 Å². The van der Waals surface area contributed by atoms with E-state index in [0.29, 0.717) is 11.2 Å². The molecular formula is C20H25F2N10O9P. The summed E-state index contributed by atoms with van der Waals surface area (Å²) in [6, 6.07) is 0. The Labute approximate surface area is 232 Å². The minimum absolute atomic E-state index is 0.0944. The van der Waals surface area contributed by atoms with Crippen LogP contribution < -0.4 is 11.5 Å². The number of nitrogens with zero attached hydrogens (tertiary/aromatic N) is 8. The fraction of sp³-hybridized carbons (Fsp3) is 0.500. The van der Waals surface area contributed by atoms with Crippen molar-refractivity contribution in [3.05, 3.63) is 25.3 Å². The lowest BCUT2D eigenvalue weighted by molar-refractivity contribution is -0.167. The van der Waals surface area contributed by atoms with E-state index in [0.717, 1.165) is 6.33 Å². The quantitative estimate of drug-likeness (QED) is 0.116. The van der Waals surface area contributed by atoms with Gasteiger partial charge in [0.15, 0.2) is 60.4 Å². The molecule has 19 nitrogen and oxygen atoms in total. The van der Waals surface area contributed by atoms with Crippen LogP contribution in [0, 0.1) is 0 Å². The Balaban J connectivity index is 0.000000171. The number of hydrogen-bond donors (Lipinski definition) is 7. The second kappa shape index (κ2) is 11.6. The number of fused-ring (bicyclic) bond motifs is 2. The number of anilines is 2.